The van der Waals surface area contributed by atoms with Crippen LogP contribution in [0.4, 0.5) is 5.69 Å². The molecule has 0 N–H and O–H groups in total. The van der Waals surface area contributed by atoms with Gasteiger partial charge in [0, 0.05) is 0 Å². The molecule has 1 atom stereocenters. The first-order valence-corrected chi connectivity index (χ1v) is 17.8. The number of para-hydroxylation sites is 1. The van der Waals surface area contributed by atoms with Crippen molar-refractivity contribution in [2.24, 2.45) is 0 Å². The van der Waals surface area contributed by atoms with Crippen LogP contribution in [0.25, 0.3) is 5.32 Å². The van der Waals surface area contributed by atoms with Crippen LogP contribution >= 0.6 is 0 Å². The Kier molecular flexibility index (Phi) is 18.5. The molecule has 0 bridgehead atoms. The molecule has 2 fully saturated rings. The van der Waals surface area contributed by atoms with E-state index in [2.05, 4.69) is 132 Å². The van der Waals surface area contributed by atoms with Crippen LogP contribution in [0.1, 0.15) is 60.3 Å². The third-order valence-corrected chi connectivity index (χ3v) is 13.8. The van der Waals surface area contributed by atoms with Gasteiger partial charge >= 0.3 is 26.2 Å². The summed E-state index contributed by atoms with van der Waals surface area (Å²) in [7, 11) is -2.48. The van der Waals surface area contributed by atoms with Crippen molar-refractivity contribution in [2.45, 2.75) is 71.0 Å². The average molecular weight is 675 g/mol. The fraction of sp³-hybridized carbons (Fsp3) is 0.268. The molecular weight excluding hydrogens is 626 g/mol. The quantitative estimate of drug-likeness (QED) is 0.150. The van der Waals surface area contributed by atoms with E-state index in [4.69, 9.17) is 5.32 Å². The summed E-state index contributed by atoms with van der Waals surface area (Å²) in [5.41, 5.74) is 2.52. The summed E-state index contributed by atoms with van der Waals surface area (Å²) in [6, 6.07) is 33.0. The maximum absolute atomic E-state index is 5.58. The average Bonchev–Trinajstić information content (AvgIpc) is 3.81. The van der Waals surface area contributed by atoms with Gasteiger partial charge in [0.2, 0.25) is 0 Å². The smallest absolute Gasteiger partial charge is 0.682 e. The first-order chi connectivity index (χ1) is 20.9. The molecular formula is C41H49NSiZr. The summed E-state index contributed by atoms with van der Waals surface area (Å²) in [6.07, 6.45) is 28.1. The van der Waals surface area contributed by atoms with Crippen molar-refractivity contribution >= 4 is 24.1 Å². The molecule has 0 aromatic heterocycles. The van der Waals surface area contributed by atoms with E-state index in [1.54, 1.807) is 0 Å². The summed E-state index contributed by atoms with van der Waals surface area (Å²) in [6.45, 7) is 11.8. The first kappa shape index (κ1) is 38.5. The predicted octanol–water partition coefficient (Wildman–Crippen LogP) is 10.0. The molecule has 0 amide bonds. The number of rotatable bonds is 10. The summed E-state index contributed by atoms with van der Waals surface area (Å²) in [5.74, 6) is 0. The van der Waals surface area contributed by atoms with Gasteiger partial charge in [0.1, 0.15) is 8.07 Å². The van der Waals surface area contributed by atoms with Gasteiger partial charge in [-0.15, -0.1) is 11.4 Å². The van der Waals surface area contributed by atoms with Gasteiger partial charge in [-0.3, -0.25) is 5.57 Å². The van der Waals surface area contributed by atoms with E-state index in [0.29, 0.717) is 0 Å². The Morgan fingerprint density at radius 1 is 0.614 bits per heavy atom. The van der Waals surface area contributed by atoms with Gasteiger partial charge in [-0.25, -0.2) is 0 Å². The van der Waals surface area contributed by atoms with E-state index in [9.17, 15) is 0 Å². The minimum Gasteiger partial charge on any atom is -0.682 e. The standard InChI is InChI=1S/C31H39NSi.2C5H5.Zr/c1-6-8-19-26(18-7-2)30(32-27-20-12-9-13-21-27)33(31(3,4)5,28-22-14-10-15-23-28)29-24-16-11-17-25-29;2*1-2-4-5-3-1;/h9-17,20-25,30H,6-8,18H2,1-5H3;2*1-5H;/q-2;;;+2. The van der Waals surface area contributed by atoms with Gasteiger partial charge in [0.15, 0.2) is 0 Å². The van der Waals surface area contributed by atoms with Crippen molar-refractivity contribution in [1.82, 2.24) is 0 Å². The van der Waals surface area contributed by atoms with Crippen LogP contribution in [0.15, 0.2) is 96.6 Å². The first-order valence-electron chi connectivity index (χ1n) is 15.7. The Morgan fingerprint density at radius 3 is 1.34 bits per heavy atom. The Labute approximate surface area is 291 Å². The van der Waals surface area contributed by atoms with Crippen molar-refractivity contribution in [3.05, 3.63) is 172 Å². The molecule has 5 rings (SSSR count). The molecule has 3 aromatic rings. The zero-order valence-electron chi connectivity index (χ0n) is 27.3. The van der Waals surface area contributed by atoms with Crippen LogP contribution in [0.3, 0.4) is 0 Å². The monoisotopic (exact) mass is 673 g/mol. The second kappa shape index (κ2) is 21.2. The molecule has 1 unspecified atom stereocenters. The van der Waals surface area contributed by atoms with Crippen molar-refractivity contribution in [1.29, 1.82) is 0 Å². The molecule has 0 saturated heterocycles. The molecule has 2 aliphatic rings. The predicted molar refractivity (Wildman–Crippen MR) is 190 cm³/mol. The van der Waals surface area contributed by atoms with Crippen molar-refractivity contribution < 1.29 is 26.2 Å². The Morgan fingerprint density at radius 2 is 1.00 bits per heavy atom. The summed E-state index contributed by atoms with van der Waals surface area (Å²) < 4.78 is 0. The second-order valence-corrected chi connectivity index (χ2v) is 16.6. The van der Waals surface area contributed by atoms with Crippen molar-refractivity contribution in [3.63, 3.8) is 0 Å². The van der Waals surface area contributed by atoms with Crippen LogP contribution in [0, 0.1) is 70.3 Å². The van der Waals surface area contributed by atoms with Crippen LogP contribution in [0.2, 0.25) is 5.04 Å². The Balaban J connectivity index is 0.000000516. The van der Waals surface area contributed by atoms with Gasteiger partial charge in [-0.2, -0.15) is 6.42 Å². The second-order valence-electron chi connectivity index (χ2n) is 11.8. The van der Waals surface area contributed by atoms with Crippen molar-refractivity contribution in [3.8, 4) is 0 Å². The molecule has 10 radical (unpaired) electrons. The SMILES string of the molecule is CCC[C-]=C(CCC)C([N-]c1ccccc1)[Si](c1ccccc1)(c1ccccc1)C(C)(C)C.[CH]1[CH][CH][CH][CH]1.[CH]1[CH][CH][CH][CH]1.[Zr+2]. The molecule has 226 valence electrons. The maximum Gasteiger partial charge on any atom is 2.00 e. The van der Waals surface area contributed by atoms with E-state index in [1.807, 2.05) is 64.2 Å². The molecule has 44 heavy (non-hydrogen) atoms. The topological polar surface area (TPSA) is 14.1 Å². The summed E-state index contributed by atoms with van der Waals surface area (Å²) in [4.78, 5) is 0. The van der Waals surface area contributed by atoms with Gasteiger partial charge in [-0.1, -0.05) is 155 Å². The van der Waals surface area contributed by atoms with E-state index in [1.165, 1.54) is 15.9 Å². The van der Waals surface area contributed by atoms with Crippen molar-refractivity contribution in [2.75, 3.05) is 0 Å². The summed E-state index contributed by atoms with van der Waals surface area (Å²) >= 11 is 0. The van der Waals surface area contributed by atoms with Crippen LogP contribution in [0.5, 0.6) is 0 Å². The molecule has 0 aliphatic heterocycles. The third-order valence-electron chi connectivity index (χ3n) is 7.65. The minimum atomic E-state index is -2.48. The van der Waals surface area contributed by atoms with Gasteiger partial charge in [0.25, 0.3) is 0 Å². The Bertz CT molecular complexity index is 1080. The normalized spacial score (nSPS) is 15.6. The number of hydrogen-bond acceptors (Lipinski definition) is 0. The van der Waals surface area contributed by atoms with E-state index in [-0.39, 0.29) is 36.9 Å². The molecule has 3 aromatic carbocycles. The third kappa shape index (κ3) is 11.3. The number of nitrogens with zero attached hydrogens (tertiary/aromatic N) is 1. The maximum atomic E-state index is 5.58. The van der Waals surface area contributed by atoms with Gasteiger partial charge in [0.05, 0.1) is 0 Å². The van der Waals surface area contributed by atoms with E-state index >= 15 is 0 Å². The molecule has 2 saturated carbocycles. The van der Waals surface area contributed by atoms with E-state index in [0.717, 1.165) is 31.4 Å². The molecule has 1 nitrogen and oxygen atoms in total. The van der Waals surface area contributed by atoms with Gasteiger partial charge in [-0.05, 0) is 69.2 Å². The van der Waals surface area contributed by atoms with Crippen LogP contribution in [-0.2, 0) is 26.2 Å². The van der Waals surface area contributed by atoms with Gasteiger partial charge < -0.3 is 11.4 Å². The van der Waals surface area contributed by atoms with E-state index < -0.39 is 8.07 Å². The van der Waals surface area contributed by atoms with Crippen LogP contribution < -0.4 is 10.4 Å². The zero-order chi connectivity index (χ0) is 30.8. The molecule has 0 spiro atoms. The zero-order valence-corrected chi connectivity index (χ0v) is 30.7. The number of hydrogen-bond donors (Lipinski definition) is 0. The number of unbranched alkanes of at least 4 members (excludes halogenated alkanes) is 1. The summed E-state index contributed by atoms with van der Waals surface area (Å²) in [5, 5.41) is 8.51. The minimum absolute atomic E-state index is 0. The fourth-order valence-corrected chi connectivity index (χ4v) is 11.8. The molecule has 2 aliphatic carbocycles. The molecule has 0 heterocycles. The van der Waals surface area contributed by atoms with Crippen LogP contribution in [-0.4, -0.2) is 13.7 Å². The Hall–Kier alpha value is -1.70. The molecule has 3 heteroatoms. The fourth-order valence-electron chi connectivity index (χ4n) is 5.78. The number of allylic oxidation sites excluding steroid dienone is 1. The largest absolute Gasteiger partial charge is 2.00 e. The number of benzene rings is 3.